The largest absolute Gasteiger partial charge is 0.497 e. The molecule has 0 atom stereocenters. The van der Waals surface area contributed by atoms with Gasteiger partial charge in [0.2, 0.25) is 5.75 Å². The van der Waals surface area contributed by atoms with E-state index in [4.69, 9.17) is 37.9 Å². The first kappa shape index (κ1) is 31.2. The van der Waals surface area contributed by atoms with Crippen LogP contribution in [0.2, 0.25) is 0 Å². The normalized spacial score (nSPS) is 10.6. The third-order valence-electron chi connectivity index (χ3n) is 7.27. The lowest BCUT2D eigenvalue weighted by atomic mass is 10.0. The maximum atomic E-state index is 6.47. The molecule has 4 aromatic rings. The molecule has 8 nitrogen and oxygen atoms in total. The van der Waals surface area contributed by atoms with E-state index in [1.807, 2.05) is 60.7 Å². The van der Waals surface area contributed by atoms with Crippen molar-refractivity contribution < 1.29 is 37.9 Å². The summed E-state index contributed by atoms with van der Waals surface area (Å²) in [5.74, 6) is 5.58. The van der Waals surface area contributed by atoms with Crippen LogP contribution in [0, 0.1) is 0 Å². The van der Waals surface area contributed by atoms with Crippen LogP contribution in [-0.4, -0.2) is 49.8 Å². The third kappa shape index (κ3) is 7.57. The van der Waals surface area contributed by atoms with Crippen LogP contribution in [0.4, 0.5) is 0 Å². The van der Waals surface area contributed by atoms with E-state index >= 15 is 0 Å². The summed E-state index contributed by atoms with van der Waals surface area (Å²) in [6.07, 6.45) is 3.05. The Morgan fingerprint density at radius 1 is 0.395 bits per heavy atom. The van der Waals surface area contributed by atoms with Crippen molar-refractivity contribution in [3.05, 3.63) is 89.0 Å². The fourth-order valence-corrected chi connectivity index (χ4v) is 4.93. The fraction of sp³-hybridized carbons (Fsp3) is 0.314. The second kappa shape index (κ2) is 15.0. The Bertz CT molecular complexity index is 1490. The topological polar surface area (TPSA) is 73.8 Å². The molecule has 0 saturated carbocycles. The molecule has 228 valence electrons. The van der Waals surface area contributed by atoms with Crippen LogP contribution in [0.25, 0.3) is 0 Å². The van der Waals surface area contributed by atoms with E-state index in [1.54, 1.807) is 49.8 Å². The second-order valence-electron chi connectivity index (χ2n) is 9.79. The van der Waals surface area contributed by atoms with Gasteiger partial charge in [0.15, 0.2) is 34.5 Å². The quantitative estimate of drug-likeness (QED) is 0.146. The van der Waals surface area contributed by atoms with E-state index in [1.165, 1.54) is 0 Å². The molecule has 0 amide bonds. The predicted octanol–water partition coefficient (Wildman–Crippen LogP) is 7.11. The summed E-state index contributed by atoms with van der Waals surface area (Å²) in [5, 5.41) is 0. The molecule has 0 N–H and O–H groups in total. The van der Waals surface area contributed by atoms with E-state index in [0.29, 0.717) is 40.2 Å². The summed E-state index contributed by atoms with van der Waals surface area (Å²) in [7, 11) is 11.4. The Hall–Kier alpha value is -4.72. The monoisotopic (exact) mass is 588 g/mol. The maximum absolute atomic E-state index is 6.47. The van der Waals surface area contributed by atoms with Crippen molar-refractivity contribution in [1.82, 2.24) is 0 Å². The van der Waals surface area contributed by atoms with E-state index in [2.05, 4.69) is 6.07 Å². The lowest BCUT2D eigenvalue weighted by Crippen LogP contribution is -2.02. The molecule has 0 spiro atoms. The van der Waals surface area contributed by atoms with E-state index in [0.717, 1.165) is 59.4 Å². The average molecular weight is 589 g/mol. The van der Waals surface area contributed by atoms with Gasteiger partial charge in [-0.3, -0.25) is 0 Å². The van der Waals surface area contributed by atoms with Crippen molar-refractivity contribution in [2.75, 3.05) is 49.8 Å². The highest BCUT2D eigenvalue weighted by Gasteiger charge is 2.20. The van der Waals surface area contributed by atoms with Crippen LogP contribution in [0.5, 0.6) is 51.7 Å². The van der Waals surface area contributed by atoms with Crippen LogP contribution in [0.3, 0.4) is 0 Å². The molecule has 0 radical (unpaired) electrons. The highest BCUT2D eigenvalue weighted by molar-refractivity contribution is 5.59. The van der Waals surface area contributed by atoms with Crippen molar-refractivity contribution in [1.29, 1.82) is 0 Å². The summed E-state index contributed by atoms with van der Waals surface area (Å²) in [6, 6.07) is 21.7. The molecule has 0 unspecified atom stereocenters. The van der Waals surface area contributed by atoms with Gasteiger partial charge in [0, 0.05) is 6.07 Å². The number of aryl methyl sites for hydroxylation is 4. The lowest BCUT2D eigenvalue weighted by Gasteiger charge is -2.19. The van der Waals surface area contributed by atoms with Gasteiger partial charge in [-0.25, -0.2) is 0 Å². The summed E-state index contributed by atoms with van der Waals surface area (Å²) in [5.41, 5.74) is 4.30. The highest BCUT2D eigenvalue weighted by atomic mass is 16.6. The zero-order chi connectivity index (χ0) is 30.8. The van der Waals surface area contributed by atoms with Gasteiger partial charge in [-0.2, -0.15) is 0 Å². The molecule has 43 heavy (non-hydrogen) atoms. The first-order valence-electron chi connectivity index (χ1n) is 14.0. The summed E-state index contributed by atoms with van der Waals surface area (Å²) in [4.78, 5) is 0. The van der Waals surface area contributed by atoms with Crippen LogP contribution < -0.4 is 37.9 Å². The zero-order valence-corrected chi connectivity index (χ0v) is 25.9. The maximum Gasteiger partial charge on any atom is 0.211 e. The average Bonchev–Trinajstić information content (AvgIpc) is 3.06. The van der Waals surface area contributed by atoms with Gasteiger partial charge >= 0.3 is 0 Å². The van der Waals surface area contributed by atoms with E-state index < -0.39 is 0 Å². The molecule has 0 saturated heterocycles. The van der Waals surface area contributed by atoms with Crippen LogP contribution >= 0.6 is 0 Å². The van der Waals surface area contributed by atoms with Gasteiger partial charge in [0.25, 0.3) is 0 Å². The molecule has 0 aliphatic carbocycles. The minimum absolute atomic E-state index is 0.460. The van der Waals surface area contributed by atoms with Gasteiger partial charge in [-0.15, -0.1) is 0 Å². The zero-order valence-electron chi connectivity index (χ0n) is 25.9. The predicted molar refractivity (Wildman–Crippen MR) is 167 cm³/mol. The Balaban J connectivity index is 1.60. The molecule has 0 fully saturated rings. The standard InChI is InChI=1S/C35H40O8/c1-36-27-10-8-9-23(17-27)13-15-26-21-32(31(40-5)22-29(26)38-3)43-35-33(41-6)19-25(20-34(35)42-7)12-11-24-14-16-28(37-2)30(18-24)39-4/h8-10,14,16-22H,11-13,15H2,1-7H3. The van der Waals surface area contributed by atoms with Crippen LogP contribution in [-0.2, 0) is 25.7 Å². The lowest BCUT2D eigenvalue weighted by molar-refractivity contribution is 0.330. The number of hydrogen-bond donors (Lipinski definition) is 0. The van der Waals surface area contributed by atoms with Crippen molar-refractivity contribution >= 4 is 0 Å². The van der Waals surface area contributed by atoms with Crippen molar-refractivity contribution in [2.45, 2.75) is 25.7 Å². The molecule has 0 bridgehead atoms. The molecule has 0 aromatic heterocycles. The van der Waals surface area contributed by atoms with Gasteiger partial charge < -0.3 is 37.9 Å². The van der Waals surface area contributed by atoms with E-state index in [9.17, 15) is 0 Å². The Labute approximate surface area is 254 Å². The van der Waals surface area contributed by atoms with Gasteiger partial charge in [0.05, 0.1) is 49.8 Å². The van der Waals surface area contributed by atoms with Crippen molar-refractivity contribution in [2.24, 2.45) is 0 Å². The van der Waals surface area contributed by atoms with E-state index in [-0.39, 0.29) is 0 Å². The Morgan fingerprint density at radius 2 is 0.953 bits per heavy atom. The minimum Gasteiger partial charge on any atom is -0.497 e. The summed E-state index contributed by atoms with van der Waals surface area (Å²) >= 11 is 0. The number of benzene rings is 4. The first-order chi connectivity index (χ1) is 21.0. The molecular weight excluding hydrogens is 548 g/mol. The number of ether oxygens (including phenoxy) is 8. The van der Waals surface area contributed by atoms with Crippen LogP contribution in [0.15, 0.2) is 66.7 Å². The molecule has 8 heteroatoms. The van der Waals surface area contributed by atoms with Gasteiger partial charge in [0.1, 0.15) is 11.5 Å². The molecule has 0 aliphatic rings. The molecule has 4 rings (SSSR count). The van der Waals surface area contributed by atoms with Crippen LogP contribution in [0.1, 0.15) is 22.3 Å². The minimum atomic E-state index is 0.460. The van der Waals surface area contributed by atoms with Gasteiger partial charge in [-0.05, 0) is 90.4 Å². The molecule has 4 aromatic carbocycles. The first-order valence-corrected chi connectivity index (χ1v) is 14.0. The molecule has 0 aliphatic heterocycles. The Kier molecular flexibility index (Phi) is 10.9. The second-order valence-corrected chi connectivity index (χ2v) is 9.79. The van der Waals surface area contributed by atoms with Crippen molar-refractivity contribution in [3.8, 4) is 51.7 Å². The number of methoxy groups -OCH3 is 7. The SMILES string of the molecule is COc1cccc(CCc2cc(Oc3c(OC)cc(CCc4ccc(OC)c(OC)c4)cc3OC)c(OC)cc2OC)c1. The number of hydrogen-bond acceptors (Lipinski definition) is 8. The fourth-order valence-electron chi connectivity index (χ4n) is 4.93. The van der Waals surface area contributed by atoms with Gasteiger partial charge in [-0.1, -0.05) is 18.2 Å². The third-order valence-corrected chi connectivity index (χ3v) is 7.27. The highest BCUT2D eigenvalue weighted by Crippen LogP contribution is 2.45. The smallest absolute Gasteiger partial charge is 0.211 e. The molecule has 0 heterocycles. The summed E-state index contributed by atoms with van der Waals surface area (Å²) < 4.78 is 45.6. The van der Waals surface area contributed by atoms with Crippen molar-refractivity contribution in [3.63, 3.8) is 0 Å². The summed E-state index contributed by atoms with van der Waals surface area (Å²) in [6.45, 7) is 0. The number of rotatable bonds is 15. The Morgan fingerprint density at radius 3 is 1.58 bits per heavy atom. The molecular formula is C35H40O8.